The van der Waals surface area contributed by atoms with Crippen molar-refractivity contribution in [2.24, 2.45) is 0 Å². The fraction of sp³-hybridized carbons (Fsp3) is 0.524. The Morgan fingerprint density at radius 1 is 1.32 bits per heavy atom. The average Bonchev–Trinajstić information content (AvgIpc) is 3.03. The summed E-state index contributed by atoms with van der Waals surface area (Å²) in [6.45, 7) is 5.51. The number of ether oxygens (including phenoxy) is 2. The van der Waals surface area contributed by atoms with E-state index in [0.29, 0.717) is 32.2 Å². The van der Waals surface area contributed by atoms with Crippen molar-refractivity contribution in [3.63, 3.8) is 0 Å². The predicted octanol–water partition coefficient (Wildman–Crippen LogP) is 2.25. The molecule has 2 aliphatic heterocycles. The van der Waals surface area contributed by atoms with Crippen molar-refractivity contribution in [3.05, 3.63) is 46.7 Å². The van der Waals surface area contributed by atoms with E-state index in [1.807, 2.05) is 19.9 Å². The molecule has 1 spiro atoms. The number of hydrogen-bond donors (Lipinski definition) is 1. The Morgan fingerprint density at radius 2 is 2.11 bits per heavy atom. The second-order valence-corrected chi connectivity index (χ2v) is 7.48. The van der Waals surface area contributed by atoms with Gasteiger partial charge in [-0.1, -0.05) is 6.07 Å². The quantitative estimate of drug-likeness (QED) is 0.868. The predicted molar refractivity (Wildman–Crippen MR) is 101 cm³/mol. The molecule has 0 bridgehead atoms. The number of aliphatic hydroxyl groups excluding tert-OH is 1. The lowest BCUT2D eigenvalue weighted by Gasteiger charge is -2.45. The first kappa shape index (κ1) is 19.0. The van der Waals surface area contributed by atoms with Crippen LogP contribution in [0.4, 0.5) is 0 Å². The van der Waals surface area contributed by atoms with Crippen molar-refractivity contribution in [2.45, 2.75) is 45.3 Å². The number of aryl methyl sites for hydroxylation is 2. The number of aromatic nitrogens is 1. The molecule has 150 valence electrons. The van der Waals surface area contributed by atoms with E-state index in [0.717, 1.165) is 36.5 Å². The number of benzene rings is 1. The Morgan fingerprint density at radius 3 is 2.79 bits per heavy atom. The van der Waals surface area contributed by atoms with Crippen LogP contribution in [0.15, 0.2) is 22.6 Å². The number of amides is 1. The van der Waals surface area contributed by atoms with Gasteiger partial charge in [-0.3, -0.25) is 4.79 Å². The van der Waals surface area contributed by atoms with E-state index in [1.54, 1.807) is 4.90 Å². The van der Waals surface area contributed by atoms with E-state index in [-0.39, 0.29) is 11.5 Å². The van der Waals surface area contributed by atoms with Gasteiger partial charge in [0, 0.05) is 20.0 Å². The van der Waals surface area contributed by atoms with E-state index >= 15 is 0 Å². The maximum absolute atomic E-state index is 11.7. The van der Waals surface area contributed by atoms with Gasteiger partial charge in [-0.25, -0.2) is 4.98 Å². The highest BCUT2D eigenvalue weighted by molar-refractivity contribution is 5.77. The molecule has 1 amide bonds. The number of fused-ring (bicyclic) bond motifs is 2. The van der Waals surface area contributed by atoms with Gasteiger partial charge >= 0.3 is 0 Å². The average molecular weight is 386 g/mol. The van der Waals surface area contributed by atoms with Crippen molar-refractivity contribution >= 4 is 5.91 Å². The van der Waals surface area contributed by atoms with E-state index in [2.05, 4.69) is 17.1 Å². The highest BCUT2D eigenvalue weighted by Crippen LogP contribution is 2.42. The molecule has 4 rings (SSSR count). The Bertz CT molecular complexity index is 868. The van der Waals surface area contributed by atoms with Crippen LogP contribution in [0, 0.1) is 13.8 Å². The number of likely N-dealkylation sites (tertiary alicyclic amines) is 1. The third-order valence-corrected chi connectivity index (χ3v) is 5.75. The Balaban J connectivity index is 1.48. The zero-order chi connectivity index (χ0) is 19.7. The van der Waals surface area contributed by atoms with Crippen LogP contribution in [0.2, 0.25) is 0 Å². The minimum absolute atomic E-state index is 0.215. The standard InChI is InChI=1S/C21H26N2O5/c1-14-19(28-15(2)22-14)13-26-17-3-4-18-16(11-17)5-10-27-21(18)6-8-23(9-7-21)20(25)12-24/h3-4,11,24H,5-10,12-13H2,1-2H3. The summed E-state index contributed by atoms with van der Waals surface area (Å²) in [5.41, 5.74) is 2.92. The Kier molecular flexibility index (Phi) is 5.12. The van der Waals surface area contributed by atoms with Crippen LogP contribution in [-0.2, 0) is 28.2 Å². The van der Waals surface area contributed by atoms with Crippen LogP contribution in [0.3, 0.4) is 0 Å². The maximum Gasteiger partial charge on any atom is 0.248 e. The van der Waals surface area contributed by atoms with Gasteiger partial charge in [-0.2, -0.15) is 0 Å². The topological polar surface area (TPSA) is 85.0 Å². The first-order valence-electron chi connectivity index (χ1n) is 9.72. The van der Waals surface area contributed by atoms with Gasteiger partial charge in [0.25, 0.3) is 0 Å². The number of hydrogen-bond acceptors (Lipinski definition) is 6. The van der Waals surface area contributed by atoms with E-state index in [4.69, 9.17) is 19.0 Å². The summed E-state index contributed by atoms with van der Waals surface area (Å²) in [7, 11) is 0. The van der Waals surface area contributed by atoms with Crippen LogP contribution in [0.1, 0.15) is 41.3 Å². The van der Waals surface area contributed by atoms with Gasteiger partial charge in [-0.15, -0.1) is 0 Å². The van der Waals surface area contributed by atoms with Crippen molar-refractivity contribution < 1.29 is 23.8 Å². The molecular formula is C21H26N2O5. The fourth-order valence-electron chi connectivity index (χ4n) is 4.23. The highest BCUT2D eigenvalue weighted by atomic mass is 16.5. The molecule has 2 aromatic rings. The second-order valence-electron chi connectivity index (χ2n) is 7.48. The molecule has 1 fully saturated rings. The number of carbonyl (C=O) groups excluding carboxylic acids is 1. The van der Waals surface area contributed by atoms with Crippen molar-refractivity contribution in [1.29, 1.82) is 0 Å². The summed E-state index contributed by atoms with van der Waals surface area (Å²) in [6, 6.07) is 6.15. The zero-order valence-electron chi connectivity index (χ0n) is 16.4. The molecule has 0 saturated carbocycles. The first-order valence-corrected chi connectivity index (χ1v) is 9.72. The van der Waals surface area contributed by atoms with Gasteiger partial charge < -0.3 is 23.9 Å². The molecule has 7 nitrogen and oxygen atoms in total. The summed E-state index contributed by atoms with van der Waals surface area (Å²) in [5.74, 6) is 1.98. The normalized spacial score (nSPS) is 18.2. The molecule has 0 radical (unpaired) electrons. The lowest BCUT2D eigenvalue weighted by Crippen LogP contribution is -2.49. The zero-order valence-corrected chi connectivity index (χ0v) is 16.4. The van der Waals surface area contributed by atoms with E-state index in [9.17, 15) is 4.79 Å². The van der Waals surface area contributed by atoms with Crippen LogP contribution in [0.5, 0.6) is 5.75 Å². The molecule has 1 saturated heterocycles. The molecule has 0 aliphatic carbocycles. The summed E-state index contributed by atoms with van der Waals surface area (Å²) in [4.78, 5) is 17.7. The Labute approximate surface area is 164 Å². The van der Waals surface area contributed by atoms with Crippen molar-refractivity contribution in [3.8, 4) is 5.75 Å². The Hall–Kier alpha value is -2.38. The number of aliphatic hydroxyl groups is 1. The van der Waals surface area contributed by atoms with Crippen LogP contribution in [-0.4, -0.2) is 47.2 Å². The number of rotatable bonds is 4. The maximum atomic E-state index is 11.7. The minimum Gasteiger partial charge on any atom is -0.486 e. The third-order valence-electron chi connectivity index (χ3n) is 5.75. The molecule has 0 unspecified atom stereocenters. The largest absolute Gasteiger partial charge is 0.486 e. The third kappa shape index (κ3) is 3.52. The number of oxazole rings is 1. The molecular weight excluding hydrogens is 360 g/mol. The highest BCUT2D eigenvalue weighted by Gasteiger charge is 2.41. The minimum atomic E-state index is -0.435. The fourth-order valence-corrected chi connectivity index (χ4v) is 4.23. The number of piperidine rings is 1. The van der Waals surface area contributed by atoms with Gasteiger partial charge in [-0.05, 0) is 49.4 Å². The summed E-state index contributed by atoms with van der Waals surface area (Å²) < 4.78 is 17.7. The van der Waals surface area contributed by atoms with Crippen LogP contribution >= 0.6 is 0 Å². The molecule has 3 heterocycles. The van der Waals surface area contributed by atoms with Crippen molar-refractivity contribution in [2.75, 3.05) is 26.3 Å². The lowest BCUT2D eigenvalue weighted by molar-refractivity contribution is -0.143. The number of carbonyl (C=O) groups is 1. The second kappa shape index (κ2) is 7.56. The van der Waals surface area contributed by atoms with Gasteiger partial charge in [0.05, 0.1) is 17.9 Å². The molecule has 2 aliphatic rings. The first-order chi connectivity index (χ1) is 13.5. The lowest BCUT2D eigenvalue weighted by atomic mass is 9.79. The molecule has 1 aromatic heterocycles. The molecule has 28 heavy (non-hydrogen) atoms. The summed E-state index contributed by atoms with van der Waals surface area (Å²) in [6.07, 6.45) is 2.32. The van der Waals surface area contributed by atoms with E-state index < -0.39 is 6.61 Å². The molecule has 0 atom stereocenters. The van der Waals surface area contributed by atoms with Crippen LogP contribution in [0.25, 0.3) is 0 Å². The summed E-state index contributed by atoms with van der Waals surface area (Å²) >= 11 is 0. The van der Waals surface area contributed by atoms with E-state index in [1.165, 1.54) is 11.1 Å². The molecule has 1 N–H and O–H groups in total. The van der Waals surface area contributed by atoms with Gasteiger partial charge in [0.2, 0.25) is 5.91 Å². The summed E-state index contributed by atoms with van der Waals surface area (Å²) in [5, 5.41) is 9.08. The van der Waals surface area contributed by atoms with Gasteiger partial charge in [0.15, 0.2) is 11.7 Å². The monoisotopic (exact) mass is 386 g/mol. The smallest absolute Gasteiger partial charge is 0.248 e. The molecule has 1 aromatic carbocycles. The van der Waals surface area contributed by atoms with Crippen LogP contribution < -0.4 is 4.74 Å². The SMILES string of the molecule is Cc1nc(C)c(COc2ccc3c(c2)CCOC32CCN(C(=O)CO)CC2)o1. The van der Waals surface area contributed by atoms with Crippen molar-refractivity contribution in [1.82, 2.24) is 9.88 Å². The molecule has 7 heteroatoms. The number of nitrogens with zero attached hydrogens (tertiary/aromatic N) is 2. The van der Waals surface area contributed by atoms with Gasteiger partial charge in [0.1, 0.15) is 19.0 Å².